The summed E-state index contributed by atoms with van der Waals surface area (Å²) in [4.78, 5) is 4.55. The van der Waals surface area contributed by atoms with Crippen molar-refractivity contribution >= 4 is 10.9 Å². The summed E-state index contributed by atoms with van der Waals surface area (Å²) in [7, 11) is 0. The van der Waals surface area contributed by atoms with Gasteiger partial charge in [0.25, 0.3) is 0 Å². The number of nitrogens with one attached hydrogen (secondary N) is 1. The summed E-state index contributed by atoms with van der Waals surface area (Å²) in [6.07, 6.45) is 0.894. The maximum Gasteiger partial charge on any atom is 0.213 e. The van der Waals surface area contributed by atoms with E-state index in [1.807, 2.05) is 43.3 Å². The van der Waals surface area contributed by atoms with Crippen molar-refractivity contribution in [1.82, 2.24) is 15.2 Å². The molecule has 1 N–H and O–H groups in total. The average molecular weight is 325 g/mol. The zero-order chi connectivity index (χ0) is 16.4. The lowest BCUT2D eigenvalue weighted by atomic mass is 10.1. The van der Waals surface area contributed by atoms with Gasteiger partial charge in [-0.3, -0.25) is 5.10 Å². The van der Waals surface area contributed by atoms with Gasteiger partial charge in [0.05, 0.1) is 30.5 Å². The van der Waals surface area contributed by atoms with Gasteiger partial charge in [-0.25, -0.2) is 4.98 Å². The van der Waals surface area contributed by atoms with Gasteiger partial charge in [-0.15, -0.1) is 0 Å². The molecule has 6 nitrogen and oxygen atoms in total. The second-order valence-corrected chi connectivity index (χ2v) is 5.82. The largest absolute Gasteiger partial charge is 0.491 e. The molecule has 4 bridgehead atoms. The van der Waals surface area contributed by atoms with E-state index in [0.29, 0.717) is 25.7 Å². The van der Waals surface area contributed by atoms with E-state index in [1.165, 1.54) is 0 Å². The fraction of sp³-hybridized carbons (Fsp3) is 0.333. The first-order chi connectivity index (χ1) is 11.8. The molecule has 3 heterocycles. The number of aromatic nitrogens is 3. The summed E-state index contributed by atoms with van der Waals surface area (Å²) in [5.41, 5.74) is 2.50. The van der Waals surface area contributed by atoms with Crippen molar-refractivity contribution in [1.29, 1.82) is 0 Å². The van der Waals surface area contributed by atoms with E-state index in [4.69, 9.17) is 14.2 Å². The van der Waals surface area contributed by atoms with Crippen LogP contribution in [0, 0.1) is 0 Å². The van der Waals surface area contributed by atoms with Crippen LogP contribution in [-0.4, -0.2) is 41.1 Å². The van der Waals surface area contributed by atoms with E-state index >= 15 is 0 Å². The van der Waals surface area contributed by atoms with Crippen molar-refractivity contribution in [2.75, 3.05) is 19.8 Å². The number of hydrogen-bond donors (Lipinski definition) is 1. The van der Waals surface area contributed by atoms with Crippen molar-refractivity contribution in [3.8, 4) is 23.0 Å². The van der Waals surface area contributed by atoms with Crippen LogP contribution >= 0.6 is 0 Å². The number of H-pyrrole nitrogens is 1. The number of hydrogen-bond acceptors (Lipinski definition) is 5. The molecular formula is C18H19N3O3. The Kier molecular flexibility index (Phi) is 4.04. The quantitative estimate of drug-likeness (QED) is 0.687. The number of nitrogens with zero attached hydrogens (tertiary/aromatic N) is 2. The summed E-state index contributed by atoms with van der Waals surface area (Å²) < 4.78 is 17.3. The molecule has 2 aromatic heterocycles. The highest BCUT2D eigenvalue weighted by Crippen LogP contribution is 2.29. The van der Waals surface area contributed by atoms with E-state index in [-0.39, 0.29) is 6.10 Å². The molecule has 0 radical (unpaired) electrons. The van der Waals surface area contributed by atoms with Gasteiger partial charge in [-0.1, -0.05) is 6.07 Å². The molecule has 1 aliphatic rings. The number of aromatic amines is 1. The smallest absolute Gasteiger partial charge is 0.213 e. The number of ether oxygens (including phenoxy) is 3. The average Bonchev–Trinajstić information content (AvgIpc) is 3.01. The topological polar surface area (TPSA) is 69.3 Å². The van der Waals surface area contributed by atoms with Crippen LogP contribution < -0.4 is 9.47 Å². The standard InChI is InChI=1S/C18H19N3O3/c1-12-7-8-22-9-10-23-17-4-2-3-16(19-17)18-14-11-13(24-12)5-6-15(14)20-21-18/h2-6,11-12H,7-10H2,1H3,(H,20,21)/t12-/m0/s1. The van der Waals surface area contributed by atoms with Crippen molar-refractivity contribution in [2.45, 2.75) is 19.4 Å². The van der Waals surface area contributed by atoms with Gasteiger partial charge in [0.15, 0.2) is 0 Å². The van der Waals surface area contributed by atoms with Crippen LogP contribution in [0.3, 0.4) is 0 Å². The Hall–Kier alpha value is -2.60. The molecule has 4 rings (SSSR count). The van der Waals surface area contributed by atoms with Crippen molar-refractivity contribution in [3.63, 3.8) is 0 Å². The van der Waals surface area contributed by atoms with E-state index in [9.17, 15) is 0 Å². The second-order valence-electron chi connectivity index (χ2n) is 5.82. The first-order valence-corrected chi connectivity index (χ1v) is 8.12. The molecule has 0 fully saturated rings. The Morgan fingerprint density at radius 3 is 3.04 bits per heavy atom. The Labute approximate surface area is 139 Å². The van der Waals surface area contributed by atoms with Crippen molar-refractivity contribution in [2.24, 2.45) is 0 Å². The first kappa shape index (κ1) is 15.0. The van der Waals surface area contributed by atoms with Crippen LogP contribution in [0.2, 0.25) is 0 Å². The molecule has 1 atom stereocenters. The lowest BCUT2D eigenvalue weighted by Gasteiger charge is -2.15. The molecule has 124 valence electrons. The molecule has 1 aliphatic heterocycles. The van der Waals surface area contributed by atoms with Gasteiger partial charge in [-0.2, -0.15) is 5.10 Å². The fourth-order valence-electron chi connectivity index (χ4n) is 2.74. The molecular weight excluding hydrogens is 306 g/mol. The molecule has 0 saturated carbocycles. The molecule has 0 spiro atoms. The summed E-state index contributed by atoms with van der Waals surface area (Å²) in [5.74, 6) is 1.39. The highest BCUT2D eigenvalue weighted by molar-refractivity contribution is 5.92. The zero-order valence-corrected chi connectivity index (χ0v) is 13.5. The van der Waals surface area contributed by atoms with Crippen molar-refractivity contribution < 1.29 is 14.2 Å². The third kappa shape index (κ3) is 3.05. The van der Waals surface area contributed by atoms with E-state index in [0.717, 1.165) is 34.5 Å². The van der Waals surface area contributed by atoms with Crippen LogP contribution in [0.25, 0.3) is 22.3 Å². The Morgan fingerprint density at radius 2 is 2.08 bits per heavy atom. The summed E-state index contributed by atoms with van der Waals surface area (Å²) in [6.45, 7) is 3.68. The number of fused-ring (bicyclic) bond motifs is 4. The lowest BCUT2D eigenvalue weighted by Crippen LogP contribution is -2.16. The number of rotatable bonds is 0. The first-order valence-electron chi connectivity index (χ1n) is 8.12. The van der Waals surface area contributed by atoms with Gasteiger partial charge in [0.2, 0.25) is 5.88 Å². The minimum atomic E-state index is 0.0722. The van der Waals surface area contributed by atoms with Gasteiger partial charge in [0, 0.05) is 17.9 Å². The monoisotopic (exact) mass is 325 g/mol. The molecule has 3 aromatic rings. The SMILES string of the molecule is C[C@H]1CCOCCOc2cccc(n2)-c2n[nH]c3ccc(cc23)O1. The summed E-state index contributed by atoms with van der Waals surface area (Å²) in [5, 5.41) is 8.45. The predicted octanol–water partition coefficient (Wildman–Crippen LogP) is 3.19. The Balaban J connectivity index is 1.79. The van der Waals surface area contributed by atoms with Gasteiger partial charge in [0.1, 0.15) is 18.1 Å². The van der Waals surface area contributed by atoms with Crippen LogP contribution in [0.15, 0.2) is 36.4 Å². The predicted molar refractivity (Wildman–Crippen MR) is 90.3 cm³/mol. The lowest BCUT2D eigenvalue weighted by molar-refractivity contribution is 0.0752. The molecule has 24 heavy (non-hydrogen) atoms. The highest BCUT2D eigenvalue weighted by Gasteiger charge is 2.13. The molecule has 0 saturated heterocycles. The third-order valence-electron chi connectivity index (χ3n) is 3.98. The van der Waals surface area contributed by atoms with E-state index < -0.39 is 0 Å². The third-order valence-corrected chi connectivity index (χ3v) is 3.98. The molecule has 0 unspecified atom stereocenters. The van der Waals surface area contributed by atoms with Gasteiger partial charge < -0.3 is 14.2 Å². The minimum absolute atomic E-state index is 0.0722. The van der Waals surface area contributed by atoms with Gasteiger partial charge in [-0.05, 0) is 31.2 Å². The highest BCUT2D eigenvalue weighted by atomic mass is 16.5. The van der Waals surface area contributed by atoms with Gasteiger partial charge >= 0.3 is 0 Å². The summed E-state index contributed by atoms with van der Waals surface area (Å²) >= 11 is 0. The maximum atomic E-state index is 6.00. The summed E-state index contributed by atoms with van der Waals surface area (Å²) in [6, 6.07) is 11.6. The minimum Gasteiger partial charge on any atom is -0.491 e. The van der Waals surface area contributed by atoms with Crippen LogP contribution in [0.1, 0.15) is 13.3 Å². The molecule has 1 aromatic carbocycles. The Morgan fingerprint density at radius 1 is 1.12 bits per heavy atom. The van der Waals surface area contributed by atoms with Crippen LogP contribution in [0.4, 0.5) is 0 Å². The normalized spacial score (nSPS) is 18.5. The molecule has 6 heteroatoms. The van der Waals surface area contributed by atoms with Crippen LogP contribution in [0.5, 0.6) is 11.6 Å². The van der Waals surface area contributed by atoms with Crippen molar-refractivity contribution in [3.05, 3.63) is 36.4 Å². The van der Waals surface area contributed by atoms with Crippen LogP contribution in [-0.2, 0) is 4.74 Å². The second kappa shape index (κ2) is 6.49. The molecule has 0 amide bonds. The zero-order valence-electron chi connectivity index (χ0n) is 13.5. The molecule has 0 aliphatic carbocycles. The van der Waals surface area contributed by atoms with E-state index in [1.54, 1.807) is 0 Å². The fourth-order valence-corrected chi connectivity index (χ4v) is 2.74. The number of pyridine rings is 1. The Bertz CT molecular complexity index is 846. The van der Waals surface area contributed by atoms with E-state index in [2.05, 4.69) is 15.2 Å². The number of benzene rings is 1. The maximum absolute atomic E-state index is 6.00.